The Hall–Kier alpha value is -0.0900. The number of aliphatic hydroxyl groups excluding tert-OH is 3. The average molecular weight is 411 g/mol. The largest absolute Gasteiger partial charge is 0.388 e. The standard InChI is InChI=1S/C17H31ClN2O5S/c1-4-9-5-6-19-10(7-9)16(24)20-11(8(2)18)15-13(22)12(21)14(23)17(25-15)26-3/h8-15,17,19,21-23H,4-7H2,1-3H3,(H,20,24). The van der Waals surface area contributed by atoms with Gasteiger partial charge in [-0.3, -0.25) is 4.79 Å². The monoisotopic (exact) mass is 410 g/mol. The number of alkyl halides is 1. The first-order valence-electron chi connectivity index (χ1n) is 9.20. The molecule has 0 aromatic rings. The first-order valence-corrected chi connectivity index (χ1v) is 10.9. The lowest BCUT2D eigenvalue weighted by Crippen LogP contribution is -2.65. The summed E-state index contributed by atoms with van der Waals surface area (Å²) in [5.74, 6) is 0.325. The number of amides is 1. The zero-order valence-corrected chi connectivity index (χ0v) is 17.0. The van der Waals surface area contributed by atoms with Crippen LogP contribution in [0.15, 0.2) is 0 Å². The van der Waals surface area contributed by atoms with Gasteiger partial charge >= 0.3 is 0 Å². The summed E-state index contributed by atoms with van der Waals surface area (Å²) < 4.78 is 5.77. The summed E-state index contributed by atoms with van der Waals surface area (Å²) in [5.41, 5.74) is -0.703. The van der Waals surface area contributed by atoms with Crippen molar-refractivity contribution < 1.29 is 24.9 Å². The average Bonchev–Trinajstić information content (AvgIpc) is 2.64. The van der Waals surface area contributed by atoms with Gasteiger partial charge in [0.25, 0.3) is 0 Å². The molecule has 2 fully saturated rings. The van der Waals surface area contributed by atoms with Gasteiger partial charge in [0.2, 0.25) is 5.91 Å². The van der Waals surface area contributed by atoms with Crippen LogP contribution < -0.4 is 10.6 Å². The van der Waals surface area contributed by atoms with Crippen molar-refractivity contribution in [2.75, 3.05) is 12.8 Å². The van der Waals surface area contributed by atoms with Crippen LogP contribution in [-0.4, -0.2) is 81.3 Å². The number of rotatable bonds is 6. The van der Waals surface area contributed by atoms with Gasteiger partial charge in [0, 0.05) is 0 Å². The van der Waals surface area contributed by atoms with Gasteiger partial charge in [-0.05, 0) is 38.5 Å². The molecular weight excluding hydrogens is 380 g/mol. The molecule has 2 aliphatic rings. The number of carbonyl (C=O) groups is 1. The number of carbonyl (C=O) groups excluding carboxylic acids is 1. The van der Waals surface area contributed by atoms with Crippen molar-refractivity contribution in [3.8, 4) is 0 Å². The first kappa shape index (κ1) is 22.2. The molecule has 9 atom stereocenters. The highest BCUT2D eigenvalue weighted by atomic mass is 35.5. The van der Waals surface area contributed by atoms with E-state index in [0.29, 0.717) is 5.92 Å². The van der Waals surface area contributed by atoms with E-state index in [2.05, 4.69) is 17.6 Å². The van der Waals surface area contributed by atoms with Gasteiger partial charge in [0.15, 0.2) is 0 Å². The molecule has 0 aliphatic carbocycles. The van der Waals surface area contributed by atoms with Crippen molar-refractivity contribution in [3.05, 3.63) is 0 Å². The summed E-state index contributed by atoms with van der Waals surface area (Å²) in [4.78, 5) is 12.7. The highest BCUT2D eigenvalue weighted by Crippen LogP contribution is 2.30. The van der Waals surface area contributed by atoms with Gasteiger partial charge in [-0.15, -0.1) is 23.4 Å². The fraction of sp³-hybridized carbons (Fsp3) is 0.941. The summed E-state index contributed by atoms with van der Waals surface area (Å²) in [6.07, 6.45) is -0.236. The maximum Gasteiger partial charge on any atom is 0.237 e. The Morgan fingerprint density at radius 3 is 2.62 bits per heavy atom. The Balaban J connectivity index is 2.09. The van der Waals surface area contributed by atoms with E-state index in [1.54, 1.807) is 13.2 Å². The number of hydrogen-bond acceptors (Lipinski definition) is 7. The van der Waals surface area contributed by atoms with E-state index in [-0.39, 0.29) is 11.9 Å². The van der Waals surface area contributed by atoms with Gasteiger partial charge in [0.1, 0.15) is 29.9 Å². The fourth-order valence-corrected chi connectivity index (χ4v) is 4.54. The van der Waals surface area contributed by atoms with Crippen LogP contribution in [0.4, 0.5) is 0 Å². The second-order valence-electron chi connectivity index (χ2n) is 7.19. The molecule has 1 amide bonds. The third kappa shape index (κ3) is 5.04. The Bertz CT molecular complexity index is 470. The van der Waals surface area contributed by atoms with Crippen LogP contribution in [0.2, 0.25) is 0 Å². The number of halogens is 1. The summed E-state index contributed by atoms with van der Waals surface area (Å²) in [6.45, 7) is 4.62. The molecule has 7 nitrogen and oxygen atoms in total. The molecule has 9 heteroatoms. The molecule has 26 heavy (non-hydrogen) atoms. The smallest absolute Gasteiger partial charge is 0.237 e. The maximum absolute atomic E-state index is 12.7. The molecule has 9 unspecified atom stereocenters. The molecule has 0 bridgehead atoms. The number of ether oxygens (including phenoxy) is 1. The Morgan fingerprint density at radius 1 is 1.35 bits per heavy atom. The van der Waals surface area contributed by atoms with Crippen LogP contribution >= 0.6 is 23.4 Å². The van der Waals surface area contributed by atoms with Crippen molar-refractivity contribution in [1.82, 2.24) is 10.6 Å². The van der Waals surface area contributed by atoms with Crippen molar-refractivity contribution in [3.63, 3.8) is 0 Å². The lowest BCUT2D eigenvalue weighted by Gasteiger charge is -2.44. The first-order chi connectivity index (χ1) is 12.3. The maximum atomic E-state index is 12.7. The van der Waals surface area contributed by atoms with Crippen LogP contribution in [0.25, 0.3) is 0 Å². The van der Waals surface area contributed by atoms with Crippen LogP contribution in [-0.2, 0) is 9.53 Å². The minimum absolute atomic E-state index is 0.183. The molecule has 0 aromatic heterocycles. The highest BCUT2D eigenvalue weighted by molar-refractivity contribution is 7.99. The molecule has 0 radical (unpaired) electrons. The third-order valence-corrected chi connectivity index (χ3v) is 6.53. The van der Waals surface area contributed by atoms with Crippen molar-refractivity contribution in [2.45, 2.75) is 80.4 Å². The Kier molecular flexibility index (Phi) is 8.46. The number of aliphatic hydroxyl groups is 3. The van der Waals surface area contributed by atoms with Crippen molar-refractivity contribution in [2.24, 2.45) is 5.92 Å². The topological polar surface area (TPSA) is 111 Å². The summed E-state index contributed by atoms with van der Waals surface area (Å²) >= 11 is 7.51. The van der Waals surface area contributed by atoms with Crippen LogP contribution in [0.5, 0.6) is 0 Å². The minimum Gasteiger partial charge on any atom is -0.388 e. The molecule has 2 aliphatic heterocycles. The van der Waals surface area contributed by atoms with Crippen LogP contribution in [0.1, 0.15) is 33.1 Å². The van der Waals surface area contributed by atoms with E-state index in [1.807, 2.05) is 0 Å². The minimum atomic E-state index is -1.36. The summed E-state index contributed by atoms with van der Waals surface area (Å²) in [5, 5.41) is 36.1. The molecule has 0 saturated carbocycles. The molecule has 5 N–H and O–H groups in total. The van der Waals surface area contributed by atoms with Crippen molar-refractivity contribution >= 4 is 29.3 Å². The predicted molar refractivity (Wildman–Crippen MR) is 102 cm³/mol. The molecule has 0 aromatic carbocycles. The Labute approximate surface area is 164 Å². The fourth-order valence-electron chi connectivity index (χ4n) is 3.66. The van der Waals surface area contributed by atoms with E-state index < -0.39 is 41.3 Å². The number of nitrogens with one attached hydrogen (secondary N) is 2. The van der Waals surface area contributed by atoms with Gasteiger partial charge < -0.3 is 30.7 Å². The van der Waals surface area contributed by atoms with Gasteiger partial charge in [-0.2, -0.15) is 0 Å². The van der Waals surface area contributed by atoms with E-state index in [0.717, 1.165) is 25.8 Å². The summed E-state index contributed by atoms with van der Waals surface area (Å²) in [6, 6.07) is -1.00. The molecular formula is C17H31ClN2O5S. The SMILES string of the molecule is CCC1CCNC(C(=O)NC(C(C)Cl)C2OC(SC)C(O)C(O)C2O)C1. The second-order valence-corrected chi connectivity index (χ2v) is 8.82. The number of hydrogen-bond donors (Lipinski definition) is 5. The Morgan fingerprint density at radius 2 is 2.04 bits per heavy atom. The zero-order valence-electron chi connectivity index (χ0n) is 15.5. The quantitative estimate of drug-likeness (QED) is 0.393. The zero-order chi connectivity index (χ0) is 19.4. The molecule has 152 valence electrons. The predicted octanol–water partition coefficient (Wildman–Crippen LogP) is 0.0473. The third-order valence-electron chi connectivity index (χ3n) is 5.40. The molecule has 2 heterocycles. The van der Waals surface area contributed by atoms with Crippen molar-refractivity contribution in [1.29, 1.82) is 0 Å². The van der Waals surface area contributed by atoms with Crippen LogP contribution in [0.3, 0.4) is 0 Å². The lowest BCUT2D eigenvalue weighted by atomic mass is 9.89. The molecule has 2 saturated heterocycles. The lowest BCUT2D eigenvalue weighted by molar-refractivity contribution is -0.205. The van der Waals surface area contributed by atoms with Gasteiger partial charge in [-0.1, -0.05) is 13.3 Å². The second kappa shape index (κ2) is 9.91. The summed E-state index contributed by atoms with van der Waals surface area (Å²) in [7, 11) is 0. The molecule has 0 spiro atoms. The highest BCUT2D eigenvalue weighted by Gasteiger charge is 2.48. The number of thioether (sulfide) groups is 1. The van der Waals surface area contributed by atoms with E-state index in [9.17, 15) is 20.1 Å². The number of piperidine rings is 1. The normalized spacial score (nSPS) is 40.7. The van der Waals surface area contributed by atoms with E-state index in [4.69, 9.17) is 16.3 Å². The van der Waals surface area contributed by atoms with E-state index >= 15 is 0 Å². The van der Waals surface area contributed by atoms with Gasteiger partial charge in [0.05, 0.1) is 17.5 Å². The van der Waals surface area contributed by atoms with E-state index in [1.165, 1.54) is 11.8 Å². The molecule has 2 rings (SSSR count). The van der Waals surface area contributed by atoms with Crippen LogP contribution in [0, 0.1) is 5.92 Å². The van der Waals surface area contributed by atoms with Gasteiger partial charge in [-0.25, -0.2) is 0 Å².